The van der Waals surface area contributed by atoms with Crippen LogP contribution >= 0.6 is 0 Å². The third-order valence-electron chi connectivity index (χ3n) is 5.90. The fraction of sp³-hybridized carbons (Fsp3) is 0.550. The van der Waals surface area contributed by atoms with Crippen molar-refractivity contribution < 1.29 is 13.9 Å². The lowest BCUT2D eigenvalue weighted by Crippen LogP contribution is -2.48. The molecule has 0 bridgehead atoms. The standard InChI is InChI=1S/C20H24FN5O2/c21-16-5-3-14(4-6-16)19-12-26-18(13-28-19)17(22-23-26)11-24-7-9-25(10-8-24)20(27)15-1-2-15/h3-6,15,19H,1-2,7-13H2/t19-/m1/s1. The van der Waals surface area contributed by atoms with Crippen LogP contribution in [-0.2, 0) is 29.2 Å². The van der Waals surface area contributed by atoms with E-state index in [1.165, 1.54) is 12.1 Å². The molecule has 2 aliphatic heterocycles. The topological polar surface area (TPSA) is 63.5 Å². The van der Waals surface area contributed by atoms with Crippen molar-refractivity contribution in [3.8, 4) is 0 Å². The number of ether oxygens (including phenoxy) is 1. The summed E-state index contributed by atoms with van der Waals surface area (Å²) in [5, 5.41) is 8.69. The van der Waals surface area contributed by atoms with Crippen LogP contribution in [0.2, 0.25) is 0 Å². The summed E-state index contributed by atoms with van der Waals surface area (Å²) in [6, 6.07) is 6.42. The maximum Gasteiger partial charge on any atom is 0.225 e. The Kier molecular flexibility index (Phi) is 4.60. The first-order chi connectivity index (χ1) is 13.7. The maximum atomic E-state index is 13.1. The van der Waals surface area contributed by atoms with Gasteiger partial charge in [-0.25, -0.2) is 9.07 Å². The van der Waals surface area contributed by atoms with Gasteiger partial charge in [-0.1, -0.05) is 17.3 Å². The van der Waals surface area contributed by atoms with Gasteiger partial charge in [0.05, 0.1) is 18.8 Å². The van der Waals surface area contributed by atoms with E-state index in [1.54, 1.807) is 12.1 Å². The Morgan fingerprint density at radius 1 is 1.14 bits per heavy atom. The average Bonchev–Trinajstić information content (AvgIpc) is 3.50. The minimum absolute atomic E-state index is 0.139. The average molecular weight is 385 g/mol. The summed E-state index contributed by atoms with van der Waals surface area (Å²) in [6.07, 6.45) is 1.98. The van der Waals surface area contributed by atoms with Gasteiger partial charge < -0.3 is 9.64 Å². The van der Waals surface area contributed by atoms with Gasteiger partial charge >= 0.3 is 0 Å². The number of rotatable bonds is 4. The first-order valence-electron chi connectivity index (χ1n) is 9.97. The predicted molar refractivity (Wildman–Crippen MR) is 98.5 cm³/mol. The maximum absolute atomic E-state index is 13.1. The number of carbonyl (C=O) groups is 1. The van der Waals surface area contributed by atoms with Crippen molar-refractivity contribution in [1.29, 1.82) is 0 Å². The molecule has 7 nitrogen and oxygen atoms in total. The summed E-state index contributed by atoms with van der Waals surface area (Å²) < 4.78 is 21.0. The number of hydrogen-bond acceptors (Lipinski definition) is 5. The molecule has 0 unspecified atom stereocenters. The molecule has 1 atom stereocenters. The lowest BCUT2D eigenvalue weighted by molar-refractivity contribution is -0.134. The van der Waals surface area contributed by atoms with Crippen LogP contribution in [0, 0.1) is 11.7 Å². The zero-order valence-electron chi connectivity index (χ0n) is 15.8. The van der Waals surface area contributed by atoms with Crippen LogP contribution in [0.5, 0.6) is 0 Å². The molecule has 2 fully saturated rings. The molecular weight excluding hydrogens is 361 g/mol. The smallest absolute Gasteiger partial charge is 0.225 e. The normalized spacial score (nSPS) is 22.9. The van der Waals surface area contributed by atoms with Crippen molar-refractivity contribution in [3.05, 3.63) is 47.0 Å². The van der Waals surface area contributed by atoms with Crippen LogP contribution < -0.4 is 0 Å². The number of nitrogens with zero attached hydrogens (tertiary/aromatic N) is 5. The fourth-order valence-corrected chi connectivity index (χ4v) is 3.99. The van der Waals surface area contributed by atoms with Crippen molar-refractivity contribution >= 4 is 5.91 Å². The minimum atomic E-state index is -0.248. The van der Waals surface area contributed by atoms with Gasteiger partial charge in [0.2, 0.25) is 5.91 Å². The lowest BCUT2D eigenvalue weighted by Gasteiger charge is -2.34. The highest BCUT2D eigenvalue weighted by atomic mass is 19.1. The van der Waals surface area contributed by atoms with E-state index in [-0.39, 0.29) is 11.9 Å². The zero-order chi connectivity index (χ0) is 19.1. The second-order valence-electron chi connectivity index (χ2n) is 7.89. The number of aromatic nitrogens is 3. The van der Waals surface area contributed by atoms with Crippen molar-refractivity contribution in [2.45, 2.75) is 38.6 Å². The predicted octanol–water partition coefficient (Wildman–Crippen LogP) is 1.74. The number of piperazine rings is 1. The number of benzene rings is 1. The third-order valence-corrected chi connectivity index (χ3v) is 5.90. The van der Waals surface area contributed by atoms with Crippen LogP contribution in [-0.4, -0.2) is 56.9 Å². The summed E-state index contributed by atoms with van der Waals surface area (Å²) in [5.41, 5.74) is 2.90. The Morgan fingerprint density at radius 2 is 1.89 bits per heavy atom. The Bertz CT molecular complexity index is 856. The van der Waals surface area contributed by atoms with Crippen LogP contribution in [0.1, 0.15) is 35.9 Å². The van der Waals surface area contributed by atoms with Gasteiger partial charge in [0.1, 0.15) is 17.6 Å². The molecule has 0 radical (unpaired) electrons. The molecule has 1 saturated carbocycles. The van der Waals surface area contributed by atoms with Crippen molar-refractivity contribution in [2.75, 3.05) is 26.2 Å². The highest BCUT2D eigenvalue weighted by molar-refractivity contribution is 5.81. The second kappa shape index (κ2) is 7.25. The summed E-state index contributed by atoms with van der Waals surface area (Å²) in [5.74, 6) is 0.380. The van der Waals surface area contributed by atoms with E-state index < -0.39 is 0 Å². The van der Waals surface area contributed by atoms with E-state index in [1.807, 2.05) is 9.58 Å². The number of carbonyl (C=O) groups excluding carboxylic acids is 1. The molecule has 1 aromatic heterocycles. The Morgan fingerprint density at radius 3 is 2.61 bits per heavy atom. The highest BCUT2D eigenvalue weighted by Crippen LogP contribution is 2.31. The van der Waals surface area contributed by atoms with Gasteiger partial charge in [0.15, 0.2) is 0 Å². The molecule has 148 valence electrons. The van der Waals surface area contributed by atoms with Gasteiger partial charge in [-0.15, -0.1) is 5.10 Å². The number of fused-ring (bicyclic) bond motifs is 1. The second-order valence-corrected chi connectivity index (χ2v) is 7.89. The first-order valence-corrected chi connectivity index (χ1v) is 9.97. The highest BCUT2D eigenvalue weighted by Gasteiger charge is 2.35. The van der Waals surface area contributed by atoms with Crippen molar-refractivity contribution in [2.24, 2.45) is 5.92 Å². The van der Waals surface area contributed by atoms with Crippen LogP contribution in [0.15, 0.2) is 24.3 Å². The molecule has 2 aromatic rings. The van der Waals surface area contributed by atoms with Crippen molar-refractivity contribution in [3.63, 3.8) is 0 Å². The fourth-order valence-electron chi connectivity index (χ4n) is 3.99. The van der Waals surface area contributed by atoms with Gasteiger partial charge in [0.25, 0.3) is 0 Å². The van der Waals surface area contributed by atoms with Crippen LogP contribution in [0.3, 0.4) is 0 Å². The van der Waals surface area contributed by atoms with E-state index in [0.717, 1.165) is 62.5 Å². The molecule has 0 spiro atoms. The summed E-state index contributed by atoms with van der Waals surface area (Å²) in [6.45, 7) is 5.07. The minimum Gasteiger partial charge on any atom is -0.365 e. The molecule has 0 N–H and O–H groups in total. The Labute approximate surface area is 163 Å². The zero-order valence-corrected chi connectivity index (χ0v) is 15.8. The molecular formula is C20H24FN5O2. The van der Waals surface area contributed by atoms with E-state index in [4.69, 9.17) is 4.74 Å². The molecule has 3 heterocycles. The third kappa shape index (κ3) is 3.54. The first kappa shape index (κ1) is 17.8. The number of halogens is 1. The van der Waals surface area contributed by atoms with E-state index in [2.05, 4.69) is 15.2 Å². The molecule has 8 heteroatoms. The van der Waals surface area contributed by atoms with Gasteiger partial charge in [0, 0.05) is 38.6 Å². The monoisotopic (exact) mass is 385 g/mol. The van der Waals surface area contributed by atoms with E-state index in [0.29, 0.717) is 25.0 Å². The van der Waals surface area contributed by atoms with Gasteiger partial charge in [-0.3, -0.25) is 9.69 Å². The molecule has 1 saturated heterocycles. The summed E-state index contributed by atoms with van der Waals surface area (Å²) in [7, 11) is 0. The van der Waals surface area contributed by atoms with E-state index in [9.17, 15) is 9.18 Å². The van der Waals surface area contributed by atoms with Gasteiger partial charge in [-0.05, 0) is 30.5 Å². The molecule has 28 heavy (non-hydrogen) atoms. The molecule has 1 amide bonds. The summed E-state index contributed by atoms with van der Waals surface area (Å²) >= 11 is 0. The molecule has 1 aromatic carbocycles. The van der Waals surface area contributed by atoms with Crippen LogP contribution in [0.25, 0.3) is 0 Å². The molecule has 5 rings (SSSR count). The van der Waals surface area contributed by atoms with Crippen LogP contribution in [0.4, 0.5) is 4.39 Å². The number of hydrogen-bond donors (Lipinski definition) is 0. The quantitative estimate of drug-likeness (QED) is 0.802. The number of amides is 1. The van der Waals surface area contributed by atoms with Gasteiger partial charge in [-0.2, -0.15) is 0 Å². The van der Waals surface area contributed by atoms with Crippen molar-refractivity contribution in [1.82, 2.24) is 24.8 Å². The Balaban J connectivity index is 1.20. The SMILES string of the molecule is O=C(C1CC1)N1CCN(Cc2nnn3c2CO[C@@H](c2ccc(F)cc2)C3)CC1. The molecule has 3 aliphatic rings. The Hall–Kier alpha value is -2.32. The lowest BCUT2D eigenvalue weighted by atomic mass is 10.1. The summed E-state index contributed by atoms with van der Waals surface area (Å²) in [4.78, 5) is 16.5. The largest absolute Gasteiger partial charge is 0.365 e. The van der Waals surface area contributed by atoms with E-state index >= 15 is 0 Å². The molecule has 1 aliphatic carbocycles.